The van der Waals surface area contributed by atoms with Crippen molar-refractivity contribution in [3.8, 4) is 5.75 Å². The Morgan fingerprint density at radius 3 is 2.75 bits per heavy atom. The average molecular weight is 425 g/mol. The molecule has 0 unspecified atom stereocenters. The number of halogens is 1. The molecule has 1 aliphatic rings. The first-order chi connectivity index (χ1) is 13.3. The number of H-pyrrole nitrogens is 1. The van der Waals surface area contributed by atoms with Gasteiger partial charge in [-0.05, 0) is 55.5 Å². The number of nitrogens with one attached hydrogen (secondary N) is 1. The fourth-order valence-electron chi connectivity index (χ4n) is 3.84. The fraction of sp³-hybridized carbons (Fsp3) is 0.444. The van der Waals surface area contributed by atoms with Crippen LogP contribution in [0.2, 0.25) is 5.28 Å². The van der Waals surface area contributed by atoms with E-state index >= 15 is 0 Å². The highest BCUT2D eigenvalue weighted by Gasteiger charge is 2.28. The van der Waals surface area contributed by atoms with Crippen molar-refractivity contribution in [1.29, 1.82) is 0 Å². The second-order valence-electron chi connectivity index (χ2n) is 7.08. The van der Waals surface area contributed by atoms with Crippen LogP contribution < -0.4 is 9.64 Å². The molecule has 0 aliphatic carbocycles. The van der Waals surface area contributed by atoms with Crippen LogP contribution in [-0.2, 0) is 4.57 Å². The van der Waals surface area contributed by atoms with E-state index in [-0.39, 0.29) is 17.4 Å². The number of fused-ring (bicyclic) bond motifs is 3. The van der Waals surface area contributed by atoms with E-state index in [9.17, 15) is 14.4 Å². The summed E-state index contributed by atoms with van der Waals surface area (Å²) in [5.41, 5.74) is 2.47. The maximum Gasteiger partial charge on any atom is 0.325 e. The predicted molar refractivity (Wildman–Crippen MR) is 109 cm³/mol. The molecule has 0 bridgehead atoms. The number of aromatic amines is 1. The normalized spacial score (nSPS) is 16.2. The van der Waals surface area contributed by atoms with Crippen LogP contribution in [-0.4, -0.2) is 50.6 Å². The van der Waals surface area contributed by atoms with Gasteiger partial charge in [0.05, 0.1) is 12.8 Å². The Balaban J connectivity index is 1.68. The van der Waals surface area contributed by atoms with Gasteiger partial charge in [-0.2, -0.15) is 4.98 Å². The van der Waals surface area contributed by atoms with Crippen molar-refractivity contribution in [1.82, 2.24) is 15.0 Å². The van der Waals surface area contributed by atoms with Crippen molar-refractivity contribution in [2.24, 2.45) is 5.92 Å². The minimum atomic E-state index is -3.99. The van der Waals surface area contributed by atoms with Crippen LogP contribution in [0.1, 0.15) is 19.8 Å². The van der Waals surface area contributed by atoms with Crippen LogP contribution >= 0.6 is 19.2 Å². The molecule has 3 N–H and O–H groups in total. The van der Waals surface area contributed by atoms with Gasteiger partial charge in [-0.15, -0.1) is 0 Å². The maximum atomic E-state index is 11.3. The molecule has 0 saturated carbocycles. The van der Waals surface area contributed by atoms with Crippen molar-refractivity contribution in [3.05, 3.63) is 23.5 Å². The summed E-state index contributed by atoms with van der Waals surface area (Å²) in [4.78, 5) is 32.8. The SMILES string of the molecule is CCOc1ccc2[nH]c3c(N4CCC(CP(=O)(O)O)CC4)nc(Cl)nc3c2c1. The molecule has 8 nitrogen and oxygen atoms in total. The summed E-state index contributed by atoms with van der Waals surface area (Å²) in [5, 5.41) is 1.09. The van der Waals surface area contributed by atoms with Crippen molar-refractivity contribution >= 4 is 47.0 Å². The van der Waals surface area contributed by atoms with Crippen molar-refractivity contribution in [3.63, 3.8) is 0 Å². The fourth-order valence-corrected chi connectivity index (χ4v) is 5.05. The lowest BCUT2D eigenvalue weighted by Crippen LogP contribution is -2.35. The number of hydrogen-bond donors (Lipinski definition) is 3. The number of nitrogens with zero attached hydrogens (tertiary/aromatic N) is 3. The molecule has 3 heterocycles. The minimum Gasteiger partial charge on any atom is -0.494 e. The molecule has 0 atom stereocenters. The minimum absolute atomic E-state index is 0.0151. The van der Waals surface area contributed by atoms with E-state index < -0.39 is 7.60 Å². The number of rotatable bonds is 5. The Morgan fingerprint density at radius 1 is 1.32 bits per heavy atom. The zero-order chi connectivity index (χ0) is 19.9. The van der Waals surface area contributed by atoms with E-state index in [0.717, 1.165) is 33.5 Å². The highest BCUT2D eigenvalue weighted by molar-refractivity contribution is 7.51. The van der Waals surface area contributed by atoms with Crippen LogP contribution in [0.15, 0.2) is 18.2 Å². The number of hydrogen-bond acceptors (Lipinski definition) is 5. The molecular formula is C18H22ClN4O4P. The van der Waals surface area contributed by atoms with Crippen molar-refractivity contribution < 1.29 is 19.1 Å². The molecule has 1 aliphatic heterocycles. The van der Waals surface area contributed by atoms with Gasteiger partial charge in [0.25, 0.3) is 0 Å². The number of ether oxygens (including phenoxy) is 1. The summed E-state index contributed by atoms with van der Waals surface area (Å²) >= 11 is 6.22. The van der Waals surface area contributed by atoms with Gasteiger partial charge in [0.15, 0.2) is 5.82 Å². The molecule has 0 amide bonds. The van der Waals surface area contributed by atoms with Gasteiger partial charge in [0, 0.05) is 24.0 Å². The lowest BCUT2D eigenvalue weighted by atomic mass is 9.99. The molecule has 1 aromatic carbocycles. The van der Waals surface area contributed by atoms with Gasteiger partial charge in [-0.1, -0.05) is 0 Å². The highest BCUT2D eigenvalue weighted by atomic mass is 35.5. The van der Waals surface area contributed by atoms with Crippen LogP contribution in [0.25, 0.3) is 21.9 Å². The Hall–Kier alpha value is -1.86. The summed E-state index contributed by atoms with van der Waals surface area (Å²) in [7, 11) is -3.99. The van der Waals surface area contributed by atoms with Crippen LogP contribution in [0.4, 0.5) is 5.82 Å². The van der Waals surface area contributed by atoms with E-state index in [0.29, 0.717) is 32.5 Å². The van der Waals surface area contributed by atoms with E-state index in [4.69, 9.17) is 16.3 Å². The molecule has 150 valence electrons. The molecular weight excluding hydrogens is 403 g/mol. The first-order valence-corrected chi connectivity index (χ1v) is 11.4. The van der Waals surface area contributed by atoms with Crippen molar-refractivity contribution in [2.75, 3.05) is 30.8 Å². The van der Waals surface area contributed by atoms with E-state index in [1.165, 1.54) is 0 Å². The Bertz CT molecular complexity index is 1060. The second-order valence-corrected chi connectivity index (χ2v) is 9.12. The number of benzene rings is 1. The zero-order valence-electron chi connectivity index (χ0n) is 15.4. The molecule has 28 heavy (non-hydrogen) atoms. The van der Waals surface area contributed by atoms with Crippen LogP contribution in [0.5, 0.6) is 5.75 Å². The molecule has 2 aromatic heterocycles. The molecule has 1 fully saturated rings. The van der Waals surface area contributed by atoms with Gasteiger partial charge in [0.2, 0.25) is 5.28 Å². The van der Waals surface area contributed by atoms with Gasteiger partial charge in [0.1, 0.15) is 16.8 Å². The molecule has 10 heteroatoms. The highest BCUT2D eigenvalue weighted by Crippen LogP contribution is 2.40. The quantitative estimate of drug-likeness (QED) is 0.424. The summed E-state index contributed by atoms with van der Waals surface area (Å²) in [6.07, 6.45) is 1.33. The van der Waals surface area contributed by atoms with Gasteiger partial charge in [-0.3, -0.25) is 4.57 Å². The van der Waals surface area contributed by atoms with Gasteiger partial charge < -0.3 is 24.4 Å². The number of piperidine rings is 1. The van der Waals surface area contributed by atoms with E-state index in [1.54, 1.807) is 0 Å². The largest absolute Gasteiger partial charge is 0.494 e. The average Bonchev–Trinajstić information content (AvgIpc) is 2.99. The standard InChI is InChI=1S/C18H22ClN4O4P/c1-2-27-12-3-4-14-13(9-12)15-16(20-14)17(22-18(19)21-15)23-7-5-11(6-8-23)10-28(24,25)26/h3-4,9,11,20H,2,5-8,10H2,1H3,(H2,24,25,26). The number of anilines is 1. The lowest BCUT2D eigenvalue weighted by molar-refractivity contribution is 0.340. The Labute approximate surface area is 167 Å². The Morgan fingerprint density at radius 2 is 2.07 bits per heavy atom. The van der Waals surface area contributed by atoms with Gasteiger partial charge >= 0.3 is 7.60 Å². The topological polar surface area (TPSA) is 112 Å². The lowest BCUT2D eigenvalue weighted by Gasteiger charge is -2.33. The number of aromatic nitrogens is 3. The first-order valence-electron chi connectivity index (χ1n) is 9.25. The molecule has 4 rings (SSSR count). The Kier molecular flexibility index (Phi) is 5.22. The second kappa shape index (κ2) is 7.52. The molecule has 3 aromatic rings. The first kappa shape index (κ1) is 19.5. The van der Waals surface area contributed by atoms with Crippen molar-refractivity contribution in [2.45, 2.75) is 19.8 Å². The summed E-state index contributed by atoms with van der Waals surface area (Å²) in [6, 6.07) is 5.80. The van der Waals surface area contributed by atoms with Gasteiger partial charge in [-0.25, -0.2) is 4.98 Å². The molecule has 0 radical (unpaired) electrons. The van der Waals surface area contributed by atoms with Crippen LogP contribution in [0.3, 0.4) is 0 Å². The van der Waals surface area contributed by atoms with Crippen LogP contribution in [0, 0.1) is 5.92 Å². The third-order valence-corrected chi connectivity index (χ3v) is 6.25. The van der Waals surface area contributed by atoms with E-state index in [1.807, 2.05) is 25.1 Å². The predicted octanol–water partition coefficient (Wildman–Crippen LogP) is 3.56. The molecule has 1 saturated heterocycles. The smallest absolute Gasteiger partial charge is 0.325 e. The third-order valence-electron chi connectivity index (χ3n) is 5.09. The van der Waals surface area contributed by atoms with E-state index in [2.05, 4.69) is 19.9 Å². The maximum absolute atomic E-state index is 11.3. The monoisotopic (exact) mass is 424 g/mol. The summed E-state index contributed by atoms with van der Waals surface area (Å²) in [5.74, 6) is 1.51. The summed E-state index contributed by atoms with van der Waals surface area (Å²) < 4.78 is 16.9. The third kappa shape index (κ3) is 3.96. The summed E-state index contributed by atoms with van der Waals surface area (Å²) in [6.45, 7) is 3.84. The molecule has 0 spiro atoms. The zero-order valence-corrected chi connectivity index (χ0v) is 17.1.